The summed E-state index contributed by atoms with van der Waals surface area (Å²) in [7, 11) is 2.16. The van der Waals surface area contributed by atoms with Crippen LogP contribution in [-0.2, 0) is 6.54 Å². The smallest absolute Gasteiger partial charge is 0.123 e. The Labute approximate surface area is 118 Å². The van der Waals surface area contributed by atoms with Crippen molar-refractivity contribution in [3.05, 3.63) is 35.6 Å². The minimum absolute atomic E-state index is 0.158. The van der Waals surface area contributed by atoms with Crippen molar-refractivity contribution >= 4 is 15.9 Å². The molecule has 0 aromatic heterocycles. The zero-order chi connectivity index (χ0) is 13.0. The SMILES string of the molecule is CN(Cc1ccc(F)cc1)CC1(CBr)CCCC1. The van der Waals surface area contributed by atoms with Crippen LogP contribution in [0.25, 0.3) is 0 Å². The van der Waals surface area contributed by atoms with Gasteiger partial charge in [0.1, 0.15) is 5.82 Å². The van der Waals surface area contributed by atoms with Crippen LogP contribution in [0.3, 0.4) is 0 Å². The summed E-state index contributed by atoms with van der Waals surface area (Å²) < 4.78 is 12.8. The molecule has 1 aromatic carbocycles. The van der Waals surface area contributed by atoms with Crippen LogP contribution in [0.1, 0.15) is 31.2 Å². The standard InChI is InChI=1S/C15H21BrFN/c1-18(10-13-4-6-14(17)7-5-13)12-15(11-16)8-2-3-9-15/h4-7H,2-3,8-12H2,1H3. The Morgan fingerprint density at radius 1 is 1.22 bits per heavy atom. The fraction of sp³-hybridized carbons (Fsp3) is 0.600. The third kappa shape index (κ3) is 3.55. The quantitative estimate of drug-likeness (QED) is 0.736. The van der Waals surface area contributed by atoms with Crippen molar-refractivity contribution in [2.45, 2.75) is 32.2 Å². The first-order valence-corrected chi connectivity index (χ1v) is 7.75. The average Bonchev–Trinajstić information content (AvgIpc) is 2.81. The van der Waals surface area contributed by atoms with E-state index in [-0.39, 0.29) is 5.82 Å². The minimum atomic E-state index is -0.158. The molecule has 0 bridgehead atoms. The first-order chi connectivity index (χ1) is 8.63. The van der Waals surface area contributed by atoms with E-state index in [1.807, 2.05) is 12.1 Å². The highest BCUT2D eigenvalue weighted by atomic mass is 79.9. The molecule has 0 radical (unpaired) electrons. The molecule has 0 N–H and O–H groups in total. The second kappa shape index (κ2) is 6.16. The minimum Gasteiger partial charge on any atom is -0.302 e. The van der Waals surface area contributed by atoms with Gasteiger partial charge in [-0.25, -0.2) is 4.39 Å². The van der Waals surface area contributed by atoms with Gasteiger partial charge in [-0.05, 0) is 43.0 Å². The predicted octanol–water partition coefficient (Wildman–Crippen LogP) is 4.21. The topological polar surface area (TPSA) is 3.24 Å². The average molecular weight is 314 g/mol. The number of hydrogen-bond donors (Lipinski definition) is 0. The van der Waals surface area contributed by atoms with Gasteiger partial charge in [0.05, 0.1) is 0 Å². The van der Waals surface area contributed by atoms with Gasteiger partial charge in [-0.3, -0.25) is 0 Å². The van der Waals surface area contributed by atoms with Crippen molar-refractivity contribution in [1.29, 1.82) is 0 Å². The van der Waals surface area contributed by atoms with Crippen molar-refractivity contribution < 1.29 is 4.39 Å². The normalized spacial score (nSPS) is 18.4. The summed E-state index contributed by atoms with van der Waals surface area (Å²) in [6.45, 7) is 2.02. The molecule has 3 heteroatoms. The molecule has 1 fully saturated rings. The van der Waals surface area contributed by atoms with Gasteiger partial charge in [-0.2, -0.15) is 0 Å². The molecule has 0 saturated heterocycles. The summed E-state index contributed by atoms with van der Waals surface area (Å²) >= 11 is 3.68. The summed E-state index contributed by atoms with van der Waals surface area (Å²) in [5, 5.41) is 1.09. The lowest BCUT2D eigenvalue weighted by Gasteiger charge is -2.32. The molecule has 0 atom stereocenters. The Bertz CT molecular complexity index is 371. The van der Waals surface area contributed by atoms with E-state index in [1.54, 1.807) is 12.1 Å². The third-order valence-electron chi connectivity index (χ3n) is 3.92. The zero-order valence-corrected chi connectivity index (χ0v) is 12.5. The van der Waals surface area contributed by atoms with Crippen molar-refractivity contribution in [2.24, 2.45) is 5.41 Å². The molecule has 18 heavy (non-hydrogen) atoms. The number of benzene rings is 1. The molecule has 1 aliphatic rings. The van der Waals surface area contributed by atoms with Crippen molar-refractivity contribution in [2.75, 3.05) is 18.9 Å². The lowest BCUT2D eigenvalue weighted by Crippen LogP contribution is -2.34. The van der Waals surface area contributed by atoms with Gasteiger partial charge >= 0.3 is 0 Å². The van der Waals surface area contributed by atoms with E-state index in [2.05, 4.69) is 27.9 Å². The molecule has 1 aromatic rings. The maximum atomic E-state index is 12.8. The van der Waals surface area contributed by atoms with Crippen LogP contribution < -0.4 is 0 Å². The fourth-order valence-corrected chi connectivity index (χ4v) is 3.73. The lowest BCUT2D eigenvalue weighted by atomic mass is 9.88. The van der Waals surface area contributed by atoms with Crippen LogP contribution in [0.2, 0.25) is 0 Å². The molecule has 1 saturated carbocycles. The first-order valence-electron chi connectivity index (χ1n) is 6.63. The molecule has 100 valence electrons. The van der Waals surface area contributed by atoms with E-state index in [0.29, 0.717) is 5.41 Å². The fourth-order valence-electron chi connectivity index (χ4n) is 2.99. The van der Waals surface area contributed by atoms with Crippen molar-refractivity contribution in [3.63, 3.8) is 0 Å². The van der Waals surface area contributed by atoms with Gasteiger partial charge < -0.3 is 4.90 Å². The highest BCUT2D eigenvalue weighted by Crippen LogP contribution is 2.40. The molecule has 2 rings (SSSR count). The van der Waals surface area contributed by atoms with E-state index in [4.69, 9.17) is 0 Å². The summed E-state index contributed by atoms with van der Waals surface area (Å²) in [6, 6.07) is 6.83. The Balaban J connectivity index is 1.91. The predicted molar refractivity (Wildman–Crippen MR) is 77.4 cm³/mol. The van der Waals surface area contributed by atoms with Crippen molar-refractivity contribution in [3.8, 4) is 0 Å². The largest absolute Gasteiger partial charge is 0.302 e. The van der Waals surface area contributed by atoms with Gasteiger partial charge in [0.15, 0.2) is 0 Å². The second-order valence-electron chi connectivity index (χ2n) is 5.64. The number of hydrogen-bond acceptors (Lipinski definition) is 1. The monoisotopic (exact) mass is 313 g/mol. The van der Waals surface area contributed by atoms with Crippen LogP contribution in [-0.4, -0.2) is 23.8 Å². The number of rotatable bonds is 5. The summed E-state index contributed by atoms with van der Waals surface area (Å²) in [5.41, 5.74) is 1.64. The first kappa shape index (κ1) is 14.0. The Morgan fingerprint density at radius 2 is 1.83 bits per heavy atom. The van der Waals surface area contributed by atoms with Crippen LogP contribution in [0.5, 0.6) is 0 Å². The molecule has 0 heterocycles. The van der Waals surface area contributed by atoms with E-state index in [9.17, 15) is 4.39 Å². The second-order valence-corrected chi connectivity index (χ2v) is 6.20. The molecule has 1 aliphatic carbocycles. The zero-order valence-electron chi connectivity index (χ0n) is 11.0. The molecular formula is C15H21BrFN. The Morgan fingerprint density at radius 3 is 2.39 bits per heavy atom. The van der Waals surface area contributed by atoms with E-state index < -0.39 is 0 Å². The van der Waals surface area contributed by atoms with Crippen LogP contribution >= 0.6 is 15.9 Å². The van der Waals surface area contributed by atoms with Gasteiger partial charge in [0, 0.05) is 18.4 Å². The van der Waals surface area contributed by atoms with Crippen LogP contribution in [0.4, 0.5) is 4.39 Å². The highest BCUT2D eigenvalue weighted by Gasteiger charge is 2.33. The highest BCUT2D eigenvalue weighted by molar-refractivity contribution is 9.09. The summed E-state index contributed by atoms with van der Waals surface area (Å²) in [4.78, 5) is 2.36. The number of alkyl halides is 1. The van der Waals surface area contributed by atoms with E-state index in [1.165, 1.54) is 31.2 Å². The van der Waals surface area contributed by atoms with Crippen LogP contribution in [0, 0.1) is 11.2 Å². The van der Waals surface area contributed by atoms with Crippen LogP contribution in [0.15, 0.2) is 24.3 Å². The molecule has 1 nitrogen and oxygen atoms in total. The molecule has 0 spiro atoms. The molecule has 0 unspecified atom stereocenters. The molecule has 0 amide bonds. The lowest BCUT2D eigenvalue weighted by molar-refractivity contribution is 0.196. The van der Waals surface area contributed by atoms with Gasteiger partial charge in [-0.15, -0.1) is 0 Å². The molecular weight excluding hydrogens is 293 g/mol. The summed E-state index contributed by atoms with van der Waals surface area (Å²) in [5.74, 6) is -0.158. The van der Waals surface area contributed by atoms with E-state index >= 15 is 0 Å². The van der Waals surface area contributed by atoms with Crippen molar-refractivity contribution in [1.82, 2.24) is 4.90 Å². The van der Waals surface area contributed by atoms with E-state index in [0.717, 1.165) is 18.4 Å². The van der Waals surface area contributed by atoms with Gasteiger partial charge in [0.25, 0.3) is 0 Å². The van der Waals surface area contributed by atoms with Gasteiger partial charge in [-0.1, -0.05) is 40.9 Å². The summed E-state index contributed by atoms with van der Waals surface area (Å²) in [6.07, 6.45) is 5.37. The number of nitrogens with zero attached hydrogens (tertiary/aromatic N) is 1. The Hall–Kier alpha value is -0.410. The maximum Gasteiger partial charge on any atom is 0.123 e. The Kier molecular flexibility index (Phi) is 4.79. The third-order valence-corrected chi connectivity index (χ3v) is 5.11. The maximum absolute atomic E-state index is 12.8. The van der Waals surface area contributed by atoms with Gasteiger partial charge in [0.2, 0.25) is 0 Å². The number of halogens is 2. The molecule has 0 aliphatic heterocycles.